The van der Waals surface area contributed by atoms with Gasteiger partial charge in [-0.3, -0.25) is 0 Å². The van der Waals surface area contributed by atoms with Crippen molar-refractivity contribution in [2.75, 3.05) is 0 Å². The second-order valence-corrected chi connectivity index (χ2v) is 4.83. The van der Waals surface area contributed by atoms with E-state index in [9.17, 15) is 13.2 Å². The predicted octanol–water partition coefficient (Wildman–Crippen LogP) is 4.59. The van der Waals surface area contributed by atoms with Crippen molar-refractivity contribution in [1.82, 2.24) is 4.98 Å². The van der Waals surface area contributed by atoms with Gasteiger partial charge in [0.15, 0.2) is 5.82 Å². The molecule has 20 heavy (non-hydrogen) atoms. The van der Waals surface area contributed by atoms with E-state index in [-0.39, 0.29) is 12.2 Å². The molecule has 0 unspecified atom stereocenters. The number of nitrogens with zero attached hydrogens (tertiary/aromatic N) is 2. The van der Waals surface area contributed by atoms with Crippen molar-refractivity contribution in [1.29, 1.82) is 0 Å². The van der Waals surface area contributed by atoms with Gasteiger partial charge in [-0.2, -0.15) is 13.2 Å². The van der Waals surface area contributed by atoms with Crippen molar-refractivity contribution in [3.05, 3.63) is 47.1 Å². The normalized spacial score (nSPS) is 14.1. The second kappa shape index (κ2) is 4.59. The molecule has 0 spiro atoms. The van der Waals surface area contributed by atoms with Crippen molar-refractivity contribution in [2.45, 2.75) is 12.6 Å². The summed E-state index contributed by atoms with van der Waals surface area (Å²) in [6.07, 6.45) is -3.17. The molecule has 0 atom stereocenters. The summed E-state index contributed by atoms with van der Waals surface area (Å²) in [7, 11) is 0. The molecule has 102 valence electrons. The van der Waals surface area contributed by atoms with Gasteiger partial charge in [0.05, 0.1) is 0 Å². The molecular formula is C14H8ClF3N2. The van der Waals surface area contributed by atoms with Crippen LogP contribution in [0.2, 0.25) is 5.02 Å². The molecule has 0 saturated carbocycles. The van der Waals surface area contributed by atoms with Crippen LogP contribution in [0.15, 0.2) is 41.5 Å². The molecular weight excluding hydrogens is 289 g/mol. The summed E-state index contributed by atoms with van der Waals surface area (Å²) in [5, 5.41) is 0.532. The number of hydrogen-bond acceptors (Lipinski definition) is 2. The number of hydrogen-bond donors (Lipinski definition) is 0. The lowest BCUT2D eigenvalue weighted by molar-refractivity contribution is -0.0597. The van der Waals surface area contributed by atoms with E-state index in [1.54, 1.807) is 24.3 Å². The summed E-state index contributed by atoms with van der Waals surface area (Å²) in [5.41, 5.74) is 1.09. The molecule has 0 amide bonds. The van der Waals surface area contributed by atoms with Gasteiger partial charge in [0, 0.05) is 34.3 Å². The summed E-state index contributed by atoms with van der Waals surface area (Å²) >= 11 is 6.07. The Morgan fingerprint density at radius 1 is 1.15 bits per heavy atom. The fourth-order valence-electron chi connectivity index (χ4n) is 2.09. The van der Waals surface area contributed by atoms with Crippen molar-refractivity contribution in [3.8, 4) is 11.1 Å². The van der Waals surface area contributed by atoms with Crippen LogP contribution in [0.1, 0.15) is 5.56 Å². The third kappa shape index (κ3) is 2.29. The van der Waals surface area contributed by atoms with Crippen LogP contribution >= 0.6 is 11.6 Å². The van der Waals surface area contributed by atoms with Crippen molar-refractivity contribution in [3.63, 3.8) is 0 Å². The van der Waals surface area contributed by atoms with Crippen LogP contribution in [-0.4, -0.2) is 16.9 Å². The first-order valence-corrected chi connectivity index (χ1v) is 6.21. The van der Waals surface area contributed by atoms with E-state index in [0.717, 1.165) is 5.56 Å². The zero-order valence-corrected chi connectivity index (χ0v) is 10.8. The van der Waals surface area contributed by atoms with Gasteiger partial charge in [-0.15, -0.1) is 0 Å². The Hall–Kier alpha value is -1.88. The number of fused-ring (bicyclic) bond motifs is 1. The van der Waals surface area contributed by atoms with Crippen molar-refractivity contribution < 1.29 is 13.2 Å². The molecule has 1 aromatic heterocycles. The number of halogens is 4. The lowest BCUT2D eigenvalue weighted by atomic mass is 10.0. The summed E-state index contributed by atoms with van der Waals surface area (Å²) in [5.74, 6) is 0.133. The molecule has 1 aromatic carbocycles. The van der Waals surface area contributed by atoms with Crippen molar-refractivity contribution >= 4 is 23.1 Å². The standard InChI is InChI=1S/C14H8ClF3N2/c15-11-4-2-1-3-10(11)9-5-8-6-12(14(16,17)18)20-13(8)19-7-9/h1-5,7H,6H2. The van der Waals surface area contributed by atoms with Gasteiger partial charge in [0.25, 0.3) is 0 Å². The summed E-state index contributed by atoms with van der Waals surface area (Å²) in [6, 6.07) is 8.78. The molecule has 0 bridgehead atoms. The Bertz CT molecular complexity index is 708. The highest BCUT2D eigenvalue weighted by Gasteiger charge is 2.38. The number of benzene rings is 1. The summed E-state index contributed by atoms with van der Waals surface area (Å²) in [4.78, 5) is 7.52. The molecule has 2 heterocycles. The Morgan fingerprint density at radius 2 is 1.90 bits per heavy atom. The maximum Gasteiger partial charge on any atom is 0.429 e. The first kappa shape index (κ1) is 13.1. The number of aromatic nitrogens is 1. The maximum absolute atomic E-state index is 12.6. The van der Waals surface area contributed by atoms with Gasteiger partial charge in [0.1, 0.15) is 5.71 Å². The van der Waals surface area contributed by atoms with Gasteiger partial charge >= 0.3 is 6.18 Å². The van der Waals surface area contributed by atoms with E-state index in [1.165, 1.54) is 6.20 Å². The first-order chi connectivity index (χ1) is 9.45. The zero-order chi connectivity index (χ0) is 14.3. The number of rotatable bonds is 1. The van der Waals surface area contributed by atoms with Crippen LogP contribution < -0.4 is 0 Å². The predicted molar refractivity (Wildman–Crippen MR) is 71.5 cm³/mol. The van der Waals surface area contributed by atoms with Gasteiger partial charge < -0.3 is 0 Å². The maximum atomic E-state index is 12.6. The van der Waals surface area contributed by atoms with Crippen LogP contribution in [0.5, 0.6) is 0 Å². The molecule has 0 N–H and O–H groups in total. The molecule has 6 heteroatoms. The molecule has 0 fully saturated rings. The Labute approximate surface area is 117 Å². The molecule has 2 aromatic rings. The Morgan fingerprint density at radius 3 is 2.60 bits per heavy atom. The van der Waals surface area contributed by atoms with E-state index in [0.29, 0.717) is 16.1 Å². The van der Waals surface area contributed by atoms with Crippen LogP contribution in [0.4, 0.5) is 19.0 Å². The average molecular weight is 297 g/mol. The monoisotopic (exact) mass is 296 g/mol. The fraction of sp³-hybridized carbons (Fsp3) is 0.143. The Balaban J connectivity index is 1.99. The minimum Gasteiger partial charge on any atom is -0.236 e. The minimum absolute atomic E-state index is 0.133. The number of pyridine rings is 1. The third-order valence-electron chi connectivity index (χ3n) is 3.05. The van der Waals surface area contributed by atoms with Gasteiger partial charge in [-0.25, -0.2) is 9.98 Å². The van der Waals surface area contributed by atoms with Crippen LogP contribution in [0, 0.1) is 0 Å². The van der Waals surface area contributed by atoms with E-state index in [4.69, 9.17) is 11.6 Å². The molecule has 1 aliphatic heterocycles. The molecule has 0 aliphatic carbocycles. The summed E-state index contributed by atoms with van der Waals surface area (Å²) in [6.45, 7) is 0. The first-order valence-electron chi connectivity index (χ1n) is 5.84. The molecule has 0 saturated heterocycles. The van der Waals surface area contributed by atoms with Crippen LogP contribution in [0.3, 0.4) is 0 Å². The van der Waals surface area contributed by atoms with E-state index in [2.05, 4.69) is 9.98 Å². The van der Waals surface area contributed by atoms with Gasteiger partial charge in [-0.05, 0) is 12.1 Å². The topological polar surface area (TPSA) is 25.2 Å². The molecule has 0 radical (unpaired) electrons. The van der Waals surface area contributed by atoms with Crippen LogP contribution in [-0.2, 0) is 6.42 Å². The largest absolute Gasteiger partial charge is 0.429 e. The quantitative estimate of drug-likeness (QED) is 0.755. The van der Waals surface area contributed by atoms with Crippen LogP contribution in [0.25, 0.3) is 11.1 Å². The Kier molecular flexibility index (Phi) is 3.01. The lowest BCUT2D eigenvalue weighted by Gasteiger charge is -2.06. The molecule has 2 nitrogen and oxygen atoms in total. The zero-order valence-electron chi connectivity index (χ0n) is 10.1. The third-order valence-corrected chi connectivity index (χ3v) is 3.38. The second-order valence-electron chi connectivity index (χ2n) is 4.42. The van der Waals surface area contributed by atoms with Gasteiger partial charge in [0.2, 0.25) is 0 Å². The highest BCUT2D eigenvalue weighted by molar-refractivity contribution is 6.33. The van der Waals surface area contributed by atoms with Crippen molar-refractivity contribution in [2.24, 2.45) is 4.99 Å². The molecule has 3 rings (SSSR count). The van der Waals surface area contributed by atoms with E-state index < -0.39 is 11.9 Å². The molecule has 1 aliphatic rings. The van der Waals surface area contributed by atoms with E-state index in [1.807, 2.05) is 6.07 Å². The smallest absolute Gasteiger partial charge is 0.236 e. The summed E-state index contributed by atoms with van der Waals surface area (Å²) < 4.78 is 37.9. The van der Waals surface area contributed by atoms with Gasteiger partial charge in [-0.1, -0.05) is 29.8 Å². The number of alkyl halides is 3. The highest BCUT2D eigenvalue weighted by Crippen LogP contribution is 2.35. The average Bonchev–Trinajstić information content (AvgIpc) is 2.82. The minimum atomic E-state index is -4.41. The highest BCUT2D eigenvalue weighted by atomic mass is 35.5. The van der Waals surface area contributed by atoms with E-state index >= 15 is 0 Å². The SMILES string of the molecule is FC(F)(F)C1=Nc2ncc(-c3ccccc3Cl)cc2C1. The number of aliphatic imine (C=N–C) groups is 1. The fourth-order valence-corrected chi connectivity index (χ4v) is 2.33. The lowest BCUT2D eigenvalue weighted by Crippen LogP contribution is -2.22.